The van der Waals surface area contributed by atoms with Crippen molar-refractivity contribution < 1.29 is 4.74 Å². The van der Waals surface area contributed by atoms with Gasteiger partial charge < -0.3 is 15.4 Å². The number of nitrogens with one attached hydrogen (secondary N) is 2. The zero-order valence-corrected chi connectivity index (χ0v) is 13.8. The topological polar surface area (TPSA) is 33.3 Å². The Kier molecular flexibility index (Phi) is 6.30. The summed E-state index contributed by atoms with van der Waals surface area (Å²) in [6, 6.07) is 8.46. The lowest BCUT2D eigenvalue weighted by atomic mass is 10.2. The van der Waals surface area contributed by atoms with Gasteiger partial charge in [0.1, 0.15) is 5.75 Å². The van der Waals surface area contributed by atoms with Crippen molar-refractivity contribution in [2.45, 2.75) is 64.5 Å². The molecule has 1 unspecified atom stereocenters. The summed E-state index contributed by atoms with van der Waals surface area (Å²) >= 11 is 5.32. The lowest BCUT2D eigenvalue weighted by molar-refractivity contribution is 0.210. The first kappa shape index (κ1) is 16.1. The van der Waals surface area contributed by atoms with Crippen molar-refractivity contribution in [3.63, 3.8) is 0 Å². The monoisotopic (exact) mass is 306 g/mol. The summed E-state index contributed by atoms with van der Waals surface area (Å²) in [5.74, 6) is 0.950. The number of hydrogen-bond donors (Lipinski definition) is 2. The molecule has 1 fully saturated rings. The van der Waals surface area contributed by atoms with Crippen LogP contribution in [0.3, 0.4) is 0 Å². The van der Waals surface area contributed by atoms with E-state index >= 15 is 0 Å². The van der Waals surface area contributed by atoms with Gasteiger partial charge in [0.15, 0.2) is 5.11 Å². The van der Waals surface area contributed by atoms with E-state index in [1.54, 1.807) is 0 Å². The molecule has 1 aromatic carbocycles. The number of anilines is 1. The molecule has 1 aliphatic rings. The quantitative estimate of drug-likeness (QED) is 0.759. The van der Waals surface area contributed by atoms with Gasteiger partial charge in [-0.3, -0.25) is 0 Å². The fraction of sp³-hybridized carbons (Fsp3) is 0.588. The number of benzene rings is 1. The average molecular weight is 306 g/mol. The second-order valence-corrected chi connectivity index (χ2v) is 6.25. The van der Waals surface area contributed by atoms with Crippen LogP contribution in [0.5, 0.6) is 5.75 Å². The molecule has 0 radical (unpaired) electrons. The second kappa shape index (κ2) is 8.23. The molecule has 1 saturated carbocycles. The summed E-state index contributed by atoms with van der Waals surface area (Å²) in [7, 11) is 0. The van der Waals surface area contributed by atoms with E-state index in [1.165, 1.54) is 25.7 Å². The first-order valence-electron chi connectivity index (χ1n) is 8.01. The van der Waals surface area contributed by atoms with Crippen LogP contribution in [0.2, 0.25) is 0 Å². The molecule has 0 bridgehead atoms. The lowest BCUT2D eigenvalue weighted by Crippen LogP contribution is -2.35. The Morgan fingerprint density at radius 1 is 1.29 bits per heavy atom. The van der Waals surface area contributed by atoms with Gasteiger partial charge in [0, 0.05) is 11.7 Å². The van der Waals surface area contributed by atoms with Gasteiger partial charge in [0.25, 0.3) is 0 Å². The van der Waals surface area contributed by atoms with Crippen LogP contribution < -0.4 is 15.4 Å². The van der Waals surface area contributed by atoms with E-state index in [0.717, 1.165) is 24.3 Å². The van der Waals surface area contributed by atoms with Crippen molar-refractivity contribution >= 4 is 23.0 Å². The number of thiocarbonyl (C=S) groups is 1. The maximum atomic E-state index is 5.96. The molecule has 3 nitrogen and oxygen atoms in total. The third-order valence-corrected chi connectivity index (χ3v) is 4.04. The highest BCUT2D eigenvalue weighted by Gasteiger charge is 2.16. The number of ether oxygens (including phenoxy) is 1. The summed E-state index contributed by atoms with van der Waals surface area (Å²) < 4.78 is 5.96. The fourth-order valence-electron chi connectivity index (χ4n) is 2.71. The molecule has 1 aromatic rings. The van der Waals surface area contributed by atoms with E-state index in [4.69, 9.17) is 17.0 Å². The molecule has 0 saturated heterocycles. The molecule has 0 heterocycles. The molecular formula is C17H26N2OS. The average Bonchev–Trinajstić information content (AvgIpc) is 2.94. The summed E-state index contributed by atoms with van der Waals surface area (Å²) in [5.41, 5.74) is 0.995. The van der Waals surface area contributed by atoms with Crippen LogP contribution in [-0.2, 0) is 0 Å². The normalized spacial score (nSPS) is 16.5. The molecule has 1 aliphatic carbocycles. The highest BCUT2D eigenvalue weighted by molar-refractivity contribution is 7.80. The zero-order chi connectivity index (χ0) is 15.1. The smallest absolute Gasteiger partial charge is 0.170 e. The minimum absolute atomic E-state index is 0.403. The predicted octanol–water partition coefficient (Wildman–Crippen LogP) is 4.48. The highest BCUT2D eigenvalue weighted by Crippen LogP contribution is 2.24. The predicted molar refractivity (Wildman–Crippen MR) is 93.1 cm³/mol. The minimum atomic E-state index is 0.403. The third kappa shape index (κ3) is 5.54. The van der Waals surface area contributed by atoms with Gasteiger partial charge in [-0.25, -0.2) is 0 Å². The van der Waals surface area contributed by atoms with Crippen LogP contribution >= 0.6 is 12.2 Å². The number of rotatable bonds is 6. The van der Waals surface area contributed by atoms with Crippen LogP contribution in [0.4, 0.5) is 5.69 Å². The summed E-state index contributed by atoms with van der Waals surface area (Å²) in [4.78, 5) is 0. The van der Waals surface area contributed by atoms with E-state index in [0.29, 0.717) is 17.3 Å². The Morgan fingerprint density at radius 3 is 2.57 bits per heavy atom. The molecule has 4 heteroatoms. The standard InChI is InChI=1S/C17H26N2OS/c1-3-6-13(2)18-17(21)19-14-9-11-16(12-10-14)20-15-7-4-5-8-15/h9-13,15H,3-8H2,1-2H3,(H2,18,19,21). The van der Waals surface area contributed by atoms with Crippen molar-refractivity contribution in [3.8, 4) is 5.75 Å². The minimum Gasteiger partial charge on any atom is -0.490 e. The van der Waals surface area contributed by atoms with Crippen molar-refractivity contribution in [2.75, 3.05) is 5.32 Å². The van der Waals surface area contributed by atoms with Crippen molar-refractivity contribution in [1.29, 1.82) is 0 Å². The second-order valence-electron chi connectivity index (χ2n) is 5.84. The van der Waals surface area contributed by atoms with Gasteiger partial charge in [-0.1, -0.05) is 13.3 Å². The molecule has 116 valence electrons. The van der Waals surface area contributed by atoms with Gasteiger partial charge in [-0.05, 0) is 75.5 Å². The summed E-state index contributed by atoms with van der Waals surface area (Å²) in [6.07, 6.45) is 7.63. The van der Waals surface area contributed by atoms with Crippen LogP contribution in [0, 0.1) is 0 Å². The zero-order valence-electron chi connectivity index (χ0n) is 13.0. The molecule has 0 spiro atoms. The molecule has 21 heavy (non-hydrogen) atoms. The van der Waals surface area contributed by atoms with Crippen molar-refractivity contribution in [1.82, 2.24) is 5.32 Å². The summed E-state index contributed by atoms with van der Waals surface area (Å²) in [5, 5.41) is 7.19. The third-order valence-electron chi connectivity index (χ3n) is 3.82. The molecular weight excluding hydrogens is 280 g/mol. The highest BCUT2D eigenvalue weighted by atomic mass is 32.1. The maximum absolute atomic E-state index is 5.96. The lowest BCUT2D eigenvalue weighted by Gasteiger charge is -2.17. The van der Waals surface area contributed by atoms with Gasteiger partial charge >= 0.3 is 0 Å². The van der Waals surface area contributed by atoms with Crippen LogP contribution in [0.15, 0.2) is 24.3 Å². The first-order chi connectivity index (χ1) is 10.2. The Labute approximate surface area is 133 Å². The van der Waals surface area contributed by atoms with Gasteiger partial charge in [0.05, 0.1) is 6.10 Å². The Balaban J connectivity index is 1.79. The first-order valence-corrected chi connectivity index (χ1v) is 8.42. The van der Waals surface area contributed by atoms with Crippen LogP contribution in [0.25, 0.3) is 0 Å². The van der Waals surface area contributed by atoms with E-state index in [1.807, 2.05) is 24.3 Å². The molecule has 0 amide bonds. The Bertz CT molecular complexity index is 441. The Hall–Kier alpha value is -1.29. The largest absolute Gasteiger partial charge is 0.490 e. The van der Waals surface area contributed by atoms with Gasteiger partial charge in [-0.2, -0.15) is 0 Å². The fourth-order valence-corrected chi connectivity index (χ4v) is 3.03. The van der Waals surface area contributed by atoms with Crippen molar-refractivity contribution in [3.05, 3.63) is 24.3 Å². The van der Waals surface area contributed by atoms with Gasteiger partial charge in [0.2, 0.25) is 0 Å². The van der Waals surface area contributed by atoms with Crippen LogP contribution in [-0.4, -0.2) is 17.3 Å². The van der Waals surface area contributed by atoms with E-state index in [-0.39, 0.29) is 0 Å². The Morgan fingerprint density at radius 2 is 1.95 bits per heavy atom. The molecule has 0 aromatic heterocycles. The van der Waals surface area contributed by atoms with E-state index in [9.17, 15) is 0 Å². The number of hydrogen-bond acceptors (Lipinski definition) is 2. The molecule has 1 atom stereocenters. The molecule has 0 aliphatic heterocycles. The summed E-state index contributed by atoms with van der Waals surface area (Å²) in [6.45, 7) is 4.33. The SMILES string of the molecule is CCCC(C)NC(=S)Nc1ccc(OC2CCCC2)cc1. The van der Waals surface area contributed by atoms with E-state index < -0.39 is 0 Å². The maximum Gasteiger partial charge on any atom is 0.170 e. The molecule has 2 rings (SSSR count). The van der Waals surface area contributed by atoms with E-state index in [2.05, 4.69) is 24.5 Å². The van der Waals surface area contributed by atoms with Crippen LogP contribution in [0.1, 0.15) is 52.4 Å². The van der Waals surface area contributed by atoms with Gasteiger partial charge in [-0.15, -0.1) is 0 Å². The van der Waals surface area contributed by atoms with Crippen molar-refractivity contribution in [2.24, 2.45) is 0 Å². The molecule has 2 N–H and O–H groups in total.